The zero-order valence-corrected chi connectivity index (χ0v) is 18.0. The summed E-state index contributed by atoms with van der Waals surface area (Å²) in [6.07, 6.45) is 1.14. The molecule has 0 atom stereocenters. The Balaban J connectivity index is 1.89. The van der Waals surface area contributed by atoms with E-state index in [0.29, 0.717) is 27.5 Å². The first-order chi connectivity index (χ1) is 13.2. The second-order valence-corrected chi connectivity index (χ2v) is 10.0. The van der Waals surface area contributed by atoms with Crippen LogP contribution in [0.4, 0.5) is 25.8 Å². The molecule has 28 heavy (non-hydrogen) atoms. The Morgan fingerprint density at radius 1 is 1.21 bits per heavy atom. The highest BCUT2D eigenvalue weighted by Crippen LogP contribution is 2.39. The summed E-state index contributed by atoms with van der Waals surface area (Å²) in [7, 11) is -2.04. The van der Waals surface area contributed by atoms with Gasteiger partial charge in [0.15, 0.2) is 5.82 Å². The molecule has 3 aromatic rings. The van der Waals surface area contributed by atoms with E-state index in [1.165, 1.54) is 22.9 Å². The summed E-state index contributed by atoms with van der Waals surface area (Å²) in [6.45, 7) is 1.72. The maximum absolute atomic E-state index is 15.4. The number of hydrogen-bond donors (Lipinski definition) is 2. The summed E-state index contributed by atoms with van der Waals surface area (Å²) in [6, 6.07) is 5.99. The minimum atomic E-state index is -3.64. The Morgan fingerprint density at radius 3 is 2.57 bits per heavy atom. The van der Waals surface area contributed by atoms with Crippen molar-refractivity contribution in [2.75, 3.05) is 10.0 Å². The second-order valence-electron chi connectivity index (χ2n) is 6.81. The van der Waals surface area contributed by atoms with E-state index in [1.54, 1.807) is 20.0 Å². The molecular formula is C18H17F2IN4O2S. The van der Waals surface area contributed by atoms with E-state index in [9.17, 15) is 12.8 Å². The van der Waals surface area contributed by atoms with Gasteiger partial charge in [-0.15, -0.1) is 0 Å². The Morgan fingerprint density at radius 2 is 1.93 bits per heavy atom. The highest BCUT2D eigenvalue weighted by molar-refractivity contribution is 14.1. The quantitative estimate of drug-likeness (QED) is 0.491. The van der Waals surface area contributed by atoms with Crippen molar-refractivity contribution >= 4 is 60.6 Å². The molecule has 0 spiro atoms. The number of aromatic nitrogens is 2. The van der Waals surface area contributed by atoms with Crippen molar-refractivity contribution in [2.24, 2.45) is 7.05 Å². The number of rotatable bonds is 5. The minimum absolute atomic E-state index is 0.0333. The molecule has 1 heterocycles. The van der Waals surface area contributed by atoms with Gasteiger partial charge in [0.25, 0.3) is 0 Å². The number of anilines is 3. The van der Waals surface area contributed by atoms with Crippen molar-refractivity contribution in [1.29, 1.82) is 0 Å². The molecule has 0 bridgehead atoms. The number of benzene rings is 2. The summed E-state index contributed by atoms with van der Waals surface area (Å²) in [5.41, 5.74) is 0.714. The molecule has 1 saturated carbocycles. The SMILES string of the molecule is Cc1nn(C)c2c(F)c(Nc3ccc(I)cc3F)c(NS(=O)(=O)C3CC3)cc12. The number of hydrogen-bond acceptors (Lipinski definition) is 4. The third-order valence-electron chi connectivity index (χ3n) is 4.66. The van der Waals surface area contributed by atoms with Gasteiger partial charge in [-0.25, -0.2) is 17.2 Å². The first-order valence-electron chi connectivity index (χ1n) is 8.57. The van der Waals surface area contributed by atoms with Crippen molar-refractivity contribution in [2.45, 2.75) is 25.0 Å². The first kappa shape index (κ1) is 19.4. The van der Waals surface area contributed by atoms with Crippen molar-refractivity contribution < 1.29 is 17.2 Å². The lowest BCUT2D eigenvalue weighted by Gasteiger charge is -2.17. The Hall–Kier alpha value is -1.95. The molecule has 4 rings (SSSR count). The summed E-state index contributed by atoms with van der Waals surface area (Å²) in [5, 5.41) is 6.94. The summed E-state index contributed by atoms with van der Waals surface area (Å²) in [5.74, 6) is -1.27. The van der Waals surface area contributed by atoms with Crippen molar-refractivity contribution in [1.82, 2.24) is 9.78 Å². The van der Waals surface area contributed by atoms with Gasteiger partial charge in [-0.2, -0.15) is 5.10 Å². The van der Waals surface area contributed by atoms with E-state index in [4.69, 9.17) is 0 Å². The third-order valence-corrected chi connectivity index (χ3v) is 7.18. The van der Waals surface area contributed by atoms with Gasteiger partial charge in [-0.3, -0.25) is 9.40 Å². The van der Waals surface area contributed by atoms with Gasteiger partial charge >= 0.3 is 0 Å². The van der Waals surface area contributed by atoms with Crippen LogP contribution in [0.2, 0.25) is 0 Å². The van der Waals surface area contributed by atoms with Gasteiger partial charge in [0.2, 0.25) is 10.0 Å². The zero-order valence-electron chi connectivity index (χ0n) is 15.1. The standard InChI is InChI=1S/C18H17F2IN4O2S/c1-9-12-8-15(24-28(26,27)11-4-5-11)17(16(20)18(12)25(2)23-9)22-14-6-3-10(21)7-13(14)19/h3,6-8,11,22,24H,4-5H2,1-2H3. The average Bonchev–Trinajstić information content (AvgIpc) is 3.41. The maximum Gasteiger partial charge on any atom is 0.235 e. The second kappa shape index (κ2) is 6.83. The smallest absolute Gasteiger partial charge is 0.235 e. The largest absolute Gasteiger partial charge is 0.349 e. The fraction of sp³-hybridized carbons (Fsp3) is 0.278. The Bertz CT molecular complexity index is 1210. The van der Waals surface area contributed by atoms with Gasteiger partial charge in [-0.1, -0.05) is 0 Å². The molecule has 0 saturated heterocycles. The normalized spacial score (nSPS) is 14.5. The van der Waals surface area contributed by atoms with Crippen molar-refractivity contribution in [3.05, 3.63) is 45.2 Å². The minimum Gasteiger partial charge on any atom is -0.349 e. The van der Waals surface area contributed by atoms with Crippen LogP contribution in [0.1, 0.15) is 18.5 Å². The van der Waals surface area contributed by atoms with Crippen molar-refractivity contribution in [3.63, 3.8) is 0 Å². The Labute approximate surface area is 174 Å². The summed E-state index contributed by atoms with van der Waals surface area (Å²) in [4.78, 5) is 0. The number of halogens is 3. The van der Waals surface area contributed by atoms with Crippen LogP contribution in [0.5, 0.6) is 0 Å². The predicted octanol–water partition coefficient (Wildman–Crippen LogP) is 4.41. The van der Waals surface area contributed by atoms with Gasteiger partial charge < -0.3 is 5.32 Å². The number of nitrogens with zero attached hydrogens (tertiary/aromatic N) is 2. The van der Waals surface area contributed by atoms with E-state index in [2.05, 4.69) is 15.1 Å². The lowest BCUT2D eigenvalue weighted by molar-refractivity contribution is 0.600. The molecule has 0 unspecified atom stereocenters. The van der Waals surface area contributed by atoms with Gasteiger partial charge in [-0.05, 0) is 66.6 Å². The fourth-order valence-electron chi connectivity index (χ4n) is 3.10. The third kappa shape index (κ3) is 3.43. The highest BCUT2D eigenvalue weighted by atomic mass is 127. The molecule has 0 amide bonds. The van der Waals surface area contributed by atoms with Crippen LogP contribution in [-0.4, -0.2) is 23.4 Å². The number of aryl methyl sites for hydroxylation is 2. The topological polar surface area (TPSA) is 76.0 Å². The molecule has 0 aliphatic heterocycles. The molecule has 2 aromatic carbocycles. The van der Waals surface area contributed by atoms with E-state index in [-0.39, 0.29) is 22.6 Å². The monoisotopic (exact) mass is 518 g/mol. The van der Waals surface area contributed by atoms with Gasteiger partial charge in [0, 0.05) is 16.0 Å². The molecule has 10 heteroatoms. The average molecular weight is 518 g/mol. The van der Waals surface area contributed by atoms with Crippen LogP contribution < -0.4 is 10.0 Å². The van der Waals surface area contributed by atoms with Crippen LogP contribution in [-0.2, 0) is 17.1 Å². The highest BCUT2D eigenvalue weighted by Gasteiger charge is 2.36. The van der Waals surface area contributed by atoms with Gasteiger partial charge in [0.05, 0.1) is 22.3 Å². The lowest BCUT2D eigenvalue weighted by atomic mass is 10.1. The first-order valence-corrected chi connectivity index (χ1v) is 11.2. The predicted molar refractivity (Wildman–Crippen MR) is 113 cm³/mol. The molecule has 1 aliphatic rings. The van der Waals surface area contributed by atoms with E-state index >= 15 is 4.39 Å². The number of sulfonamides is 1. The van der Waals surface area contributed by atoms with Crippen molar-refractivity contribution in [3.8, 4) is 0 Å². The zero-order chi connectivity index (χ0) is 20.2. The molecule has 1 aromatic heterocycles. The molecule has 2 N–H and O–H groups in total. The van der Waals surface area contributed by atoms with Crippen LogP contribution >= 0.6 is 22.6 Å². The molecule has 1 aliphatic carbocycles. The van der Waals surface area contributed by atoms with E-state index in [0.717, 1.165) is 0 Å². The van der Waals surface area contributed by atoms with Crippen LogP contribution in [0.3, 0.4) is 0 Å². The molecule has 6 nitrogen and oxygen atoms in total. The summed E-state index contributed by atoms with van der Waals surface area (Å²) >= 11 is 1.97. The van der Waals surface area contributed by atoms with Crippen LogP contribution in [0.15, 0.2) is 24.3 Å². The molecular weight excluding hydrogens is 501 g/mol. The fourth-order valence-corrected chi connectivity index (χ4v) is 4.95. The molecule has 148 valence electrons. The molecule has 0 radical (unpaired) electrons. The Kier molecular flexibility index (Phi) is 4.73. The number of nitrogens with one attached hydrogen (secondary N) is 2. The maximum atomic E-state index is 15.4. The van der Waals surface area contributed by atoms with Gasteiger partial charge in [0.1, 0.15) is 17.0 Å². The lowest BCUT2D eigenvalue weighted by Crippen LogP contribution is -2.18. The summed E-state index contributed by atoms with van der Waals surface area (Å²) < 4.78 is 59.2. The number of fused-ring (bicyclic) bond motifs is 1. The molecule has 1 fully saturated rings. The van der Waals surface area contributed by atoms with E-state index < -0.39 is 26.9 Å². The van der Waals surface area contributed by atoms with Crippen LogP contribution in [0, 0.1) is 22.1 Å². The van der Waals surface area contributed by atoms with Crippen LogP contribution in [0.25, 0.3) is 10.9 Å². The van der Waals surface area contributed by atoms with E-state index in [1.807, 2.05) is 22.6 Å².